The molecule has 25 heavy (non-hydrogen) atoms. The number of aliphatic carboxylic acids is 1. The summed E-state index contributed by atoms with van der Waals surface area (Å²) in [5.41, 5.74) is -0.517. The SMILES string of the molecule is O=C(O)[C@H]1Cc2ccccc2N1S(=O)(=O)c1ccc(C(F)(F)F)nc1. The monoisotopic (exact) mass is 372 g/mol. The van der Waals surface area contributed by atoms with Gasteiger partial charge >= 0.3 is 12.1 Å². The smallest absolute Gasteiger partial charge is 0.433 e. The van der Waals surface area contributed by atoms with Crippen LogP contribution in [0.3, 0.4) is 0 Å². The van der Waals surface area contributed by atoms with E-state index in [0.717, 1.165) is 10.4 Å². The Hall–Kier alpha value is -2.62. The molecule has 6 nitrogen and oxygen atoms in total. The van der Waals surface area contributed by atoms with E-state index in [1.807, 2.05) is 0 Å². The molecular weight excluding hydrogens is 361 g/mol. The molecule has 0 spiro atoms. The normalized spacial score (nSPS) is 17.4. The maximum Gasteiger partial charge on any atom is 0.433 e. The Kier molecular flexibility index (Phi) is 3.94. The first kappa shape index (κ1) is 17.2. The average molecular weight is 372 g/mol. The summed E-state index contributed by atoms with van der Waals surface area (Å²) >= 11 is 0. The van der Waals surface area contributed by atoms with Gasteiger partial charge in [0.15, 0.2) is 0 Å². The largest absolute Gasteiger partial charge is 0.480 e. The van der Waals surface area contributed by atoms with E-state index in [2.05, 4.69) is 4.98 Å². The van der Waals surface area contributed by atoms with Crippen molar-refractivity contribution in [1.29, 1.82) is 0 Å². The van der Waals surface area contributed by atoms with Crippen molar-refractivity contribution in [3.63, 3.8) is 0 Å². The molecule has 0 unspecified atom stereocenters. The Morgan fingerprint density at radius 3 is 2.44 bits per heavy atom. The second-order valence-electron chi connectivity index (χ2n) is 5.36. The maximum atomic E-state index is 12.8. The first-order chi connectivity index (χ1) is 11.6. The molecule has 0 amide bonds. The van der Waals surface area contributed by atoms with E-state index in [1.165, 1.54) is 6.07 Å². The van der Waals surface area contributed by atoms with Crippen LogP contribution in [0.15, 0.2) is 47.5 Å². The van der Waals surface area contributed by atoms with E-state index in [9.17, 15) is 31.5 Å². The summed E-state index contributed by atoms with van der Waals surface area (Å²) in [6, 6.07) is 6.20. The predicted molar refractivity (Wildman–Crippen MR) is 80.5 cm³/mol. The van der Waals surface area contributed by atoms with Gasteiger partial charge in [-0.15, -0.1) is 0 Å². The van der Waals surface area contributed by atoms with Crippen LogP contribution in [-0.2, 0) is 27.4 Å². The lowest BCUT2D eigenvalue weighted by molar-refractivity contribution is -0.141. The fourth-order valence-corrected chi connectivity index (χ4v) is 4.25. The second-order valence-corrected chi connectivity index (χ2v) is 7.18. The molecule has 132 valence electrons. The molecule has 3 rings (SSSR count). The third-order valence-electron chi connectivity index (χ3n) is 3.79. The predicted octanol–water partition coefficient (Wildman–Crippen LogP) is 2.31. The van der Waals surface area contributed by atoms with Crippen molar-refractivity contribution < 1.29 is 31.5 Å². The van der Waals surface area contributed by atoms with E-state index in [0.29, 0.717) is 17.8 Å². The Balaban J connectivity index is 2.08. The van der Waals surface area contributed by atoms with Gasteiger partial charge in [-0.2, -0.15) is 13.2 Å². The van der Waals surface area contributed by atoms with Crippen LogP contribution in [0.4, 0.5) is 18.9 Å². The molecule has 0 saturated carbocycles. The van der Waals surface area contributed by atoms with Crippen molar-refractivity contribution in [3.8, 4) is 0 Å². The zero-order chi connectivity index (χ0) is 18.4. The molecular formula is C15H11F3N2O4S. The molecule has 1 N–H and O–H groups in total. The van der Waals surface area contributed by atoms with Crippen molar-refractivity contribution in [1.82, 2.24) is 4.98 Å². The first-order valence-electron chi connectivity index (χ1n) is 7.01. The molecule has 1 aliphatic heterocycles. The molecule has 0 saturated heterocycles. The number of hydrogen-bond donors (Lipinski definition) is 1. The van der Waals surface area contributed by atoms with Crippen molar-refractivity contribution >= 4 is 21.7 Å². The zero-order valence-electron chi connectivity index (χ0n) is 12.4. The molecule has 1 aromatic heterocycles. The number of alkyl halides is 3. The van der Waals surface area contributed by atoms with Gasteiger partial charge in [0.2, 0.25) is 0 Å². The highest BCUT2D eigenvalue weighted by Crippen LogP contribution is 2.37. The molecule has 0 fully saturated rings. The van der Waals surface area contributed by atoms with Gasteiger partial charge in [-0.25, -0.2) is 13.2 Å². The number of carboxylic acid groups (broad SMARTS) is 1. The van der Waals surface area contributed by atoms with Gasteiger partial charge in [-0.3, -0.25) is 9.29 Å². The summed E-state index contributed by atoms with van der Waals surface area (Å²) in [7, 11) is -4.39. The number of benzene rings is 1. The van der Waals surface area contributed by atoms with Crippen LogP contribution >= 0.6 is 0 Å². The van der Waals surface area contributed by atoms with Gasteiger partial charge in [-0.1, -0.05) is 18.2 Å². The minimum absolute atomic E-state index is 0.0290. The number of carboxylic acids is 1. The van der Waals surface area contributed by atoms with Crippen molar-refractivity contribution in [2.45, 2.75) is 23.5 Å². The van der Waals surface area contributed by atoms with E-state index in [1.54, 1.807) is 18.2 Å². The molecule has 1 atom stereocenters. The van der Waals surface area contributed by atoms with E-state index < -0.39 is 38.8 Å². The number of sulfonamides is 1. The summed E-state index contributed by atoms with van der Waals surface area (Å²) in [6.07, 6.45) is -4.15. The Morgan fingerprint density at radius 1 is 1.20 bits per heavy atom. The number of aromatic nitrogens is 1. The zero-order valence-corrected chi connectivity index (χ0v) is 13.3. The lowest BCUT2D eigenvalue weighted by Crippen LogP contribution is -2.42. The average Bonchev–Trinajstić information content (AvgIpc) is 2.94. The molecule has 2 heterocycles. The topological polar surface area (TPSA) is 87.6 Å². The fraction of sp³-hybridized carbons (Fsp3) is 0.200. The lowest BCUT2D eigenvalue weighted by Gasteiger charge is -2.24. The number of carbonyl (C=O) groups is 1. The van der Waals surface area contributed by atoms with Crippen molar-refractivity contribution in [2.75, 3.05) is 4.31 Å². The van der Waals surface area contributed by atoms with Crippen LogP contribution in [0, 0.1) is 0 Å². The number of para-hydroxylation sites is 1. The molecule has 1 aliphatic rings. The van der Waals surface area contributed by atoms with Gasteiger partial charge in [-0.05, 0) is 23.8 Å². The number of halogens is 3. The maximum absolute atomic E-state index is 12.8. The third-order valence-corrected chi connectivity index (χ3v) is 5.60. The van der Waals surface area contributed by atoms with Gasteiger partial charge in [0.05, 0.1) is 5.69 Å². The number of rotatable bonds is 3. The van der Waals surface area contributed by atoms with Crippen LogP contribution in [0.5, 0.6) is 0 Å². The number of pyridine rings is 1. The Labute approximate surface area is 140 Å². The van der Waals surface area contributed by atoms with Crippen LogP contribution in [0.2, 0.25) is 0 Å². The summed E-state index contributed by atoms with van der Waals surface area (Å²) < 4.78 is 64.1. The minimum Gasteiger partial charge on any atom is -0.480 e. The standard InChI is InChI=1S/C15H11F3N2O4S/c16-15(17,18)13-6-5-10(8-19-13)25(23,24)20-11-4-2-1-3-9(11)7-12(20)14(21)22/h1-6,8,12H,7H2,(H,21,22)/t12-/m1/s1. The van der Waals surface area contributed by atoms with Crippen molar-refractivity contribution in [3.05, 3.63) is 53.9 Å². The molecule has 10 heteroatoms. The second kappa shape index (κ2) is 5.73. The quantitative estimate of drug-likeness (QED) is 0.893. The minimum atomic E-state index is -4.70. The van der Waals surface area contributed by atoms with Crippen LogP contribution < -0.4 is 4.31 Å². The Morgan fingerprint density at radius 2 is 1.88 bits per heavy atom. The van der Waals surface area contributed by atoms with Crippen molar-refractivity contribution in [2.24, 2.45) is 0 Å². The highest BCUT2D eigenvalue weighted by molar-refractivity contribution is 7.93. The highest BCUT2D eigenvalue weighted by Gasteiger charge is 2.42. The van der Waals surface area contributed by atoms with Crippen LogP contribution in [0.25, 0.3) is 0 Å². The summed E-state index contributed by atoms with van der Waals surface area (Å²) in [5, 5.41) is 9.35. The number of nitrogens with zero attached hydrogens (tertiary/aromatic N) is 2. The molecule has 1 aromatic carbocycles. The number of anilines is 1. The van der Waals surface area contributed by atoms with Gasteiger partial charge < -0.3 is 5.11 Å². The van der Waals surface area contributed by atoms with Crippen LogP contribution in [-0.4, -0.2) is 30.5 Å². The first-order valence-corrected chi connectivity index (χ1v) is 8.45. The van der Waals surface area contributed by atoms with E-state index >= 15 is 0 Å². The molecule has 0 aliphatic carbocycles. The third kappa shape index (κ3) is 2.93. The van der Waals surface area contributed by atoms with E-state index in [-0.39, 0.29) is 12.1 Å². The van der Waals surface area contributed by atoms with Gasteiger partial charge in [0, 0.05) is 12.6 Å². The summed E-state index contributed by atoms with van der Waals surface area (Å²) in [4.78, 5) is 14.1. The molecule has 0 radical (unpaired) electrons. The van der Waals surface area contributed by atoms with Crippen LogP contribution in [0.1, 0.15) is 11.3 Å². The van der Waals surface area contributed by atoms with E-state index in [4.69, 9.17) is 0 Å². The summed E-state index contributed by atoms with van der Waals surface area (Å²) in [6.45, 7) is 0. The summed E-state index contributed by atoms with van der Waals surface area (Å²) in [5.74, 6) is -1.35. The Bertz CT molecular complexity index is 927. The number of hydrogen-bond acceptors (Lipinski definition) is 4. The molecule has 2 aromatic rings. The van der Waals surface area contributed by atoms with Gasteiger partial charge in [0.25, 0.3) is 10.0 Å². The highest BCUT2D eigenvalue weighted by atomic mass is 32.2. The fourth-order valence-electron chi connectivity index (χ4n) is 2.66. The lowest BCUT2D eigenvalue weighted by atomic mass is 10.1. The van der Waals surface area contributed by atoms with Gasteiger partial charge in [0.1, 0.15) is 16.6 Å². The molecule has 0 bridgehead atoms. The number of fused-ring (bicyclic) bond motifs is 1.